The Hall–Kier alpha value is -2.68. The van der Waals surface area contributed by atoms with E-state index < -0.39 is 0 Å². The van der Waals surface area contributed by atoms with Crippen molar-refractivity contribution in [3.63, 3.8) is 0 Å². The molecule has 3 heteroatoms. The van der Waals surface area contributed by atoms with Gasteiger partial charge in [-0.3, -0.25) is 4.79 Å². The van der Waals surface area contributed by atoms with Crippen LogP contribution in [0.25, 0.3) is 11.3 Å². The summed E-state index contributed by atoms with van der Waals surface area (Å²) in [4.78, 5) is 12.8. The van der Waals surface area contributed by atoms with Gasteiger partial charge in [0.15, 0.2) is 5.78 Å². The number of fused-ring (bicyclic) bond motifs is 1. The highest BCUT2D eigenvalue weighted by molar-refractivity contribution is 6.00. The van der Waals surface area contributed by atoms with Crippen LogP contribution in [0.15, 0.2) is 54.6 Å². The van der Waals surface area contributed by atoms with Crippen LogP contribution in [0.4, 0.5) is 4.39 Å². The minimum absolute atomic E-state index is 0.0481. The standard InChI is InChI=1S/C24H24FNO/c1-16-4-8-18(9-5-16)21-12-20-22(13-24(2,3)14-23(20)27)26(21)15-17-6-10-19(25)11-7-17/h4-12H,13-15H2,1-3H3. The fourth-order valence-electron chi connectivity index (χ4n) is 3.98. The van der Waals surface area contributed by atoms with E-state index in [0.717, 1.165) is 34.5 Å². The summed E-state index contributed by atoms with van der Waals surface area (Å²) in [6.07, 6.45) is 1.44. The van der Waals surface area contributed by atoms with Gasteiger partial charge in [-0.1, -0.05) is 55.8 Å². The van der Waals surface area contributed by atoms with E-state index in [0.29, 0.717) is 13.0 Å². The number of carbonyl (C=O) groups is 1. The van der Waals surface area contributed by atoms with Crippen LogP contribution in [0.5, 0.6) is 0 Å². The number of ketones is 1. The second kappa shape index (κ2) is 6.49. The summed E-state index contributed by atoms with van der Waals surface area (Å²) in [5.74, 6) is -0.0178. The van der Waals surface area contributed by atoms with Crippen LogP contribution < -0.4 is 0 Å². The summed E-state index contributed by atoms with van der Waals surface area (Å²) in [5.41, 5.74) is 6.27. The predicted octanol–water partition coefficient (Wildman–Crippen LogP) is 5.81. The van der Waals surface area contributed by atoms with E-state index >= 15 is 0 Å². The summed E-state index contributed by atoms with van der Waals surface area (Å²) >= 11 is 0. The molecular formula is C24H24FNO. The lowest BCUT2D eigenvalue weighted by Crippen LogP contribution is -2.28. The molecule has 0 atom stereocenters. The topological polar surface area (TPSA) is 22.0 Å². The zero-order valence-electron chi connectivity index (χ0n) is 16.1. The third-order valence-electron chi connectivity index (χ3n) is 5.40. The minimum Gasteiger partial charge on any atom is -0.339 e. The maximum Gasteiger partial charge on any atom is 0.165 e. The van der Waals surface area contributed by atoms with Crippen LogP contribution in [0.2, 0.25) is 0 Å². The van der Waals surface area contributed by atoms with E-state index in [1.807, 2.05) is 18.2 Å². The third-order valence-corrected chi connectivity index (χ3v) is 5.40. The molecule has 0 spiro atoms. The molecule has 0 saturated carbocycles. The number of hydrogen-bond acceptors (Lipinski definition) is 1. The van der Waals surface area contributed by atoms with E-state index in [1.54, 1.807) is 0 Å². The lowest BCUT2D eigenvalue weighted by molar-refractivity contribution is 0.0910. The number of carbonyl (C=O) groups excluding carboxylic acids is 1. The molecule has 0 aliphatic heterocycles. The lowest BCUT2D eigenvalue weighted by atomic mass is 9.76. The summed E-state index contributed by atoms with van der Waals surface area (Å²) in [7, 11) is 0. The van der Waals surface area contributed by atoms with Crippen LogP contribution in [0, 0.1) is 18.2 Å². The van der Waals surface area contributed by atoms with Crippen molar-refractivity contribution in [2.75, 3.05) is 0 Å². The average molecular weight is 361 g/mol. The molecule has 1 aromatic heterocycles. The molecule has 138 valence electrons. The van der Waals surface area contributed by atoms with Gasteiger partial charge in [-0.2, -0.15) is 0 Å². The zero-order chi connectivity index (χ0) is 19.2. The Bertz CT molecular complexity index is 994. The number of Topliss-reactive ketones (excluding diaryl/α,β-unsaturated/α-hetero) is 1. The fourth-order valence-corrected chi connectivity index (χ4v) is 3.98. The smallest absolute Gasteiger partial charge is 0.165 e. The molecule has 1 aliphatic carbocycles. The summed E-state index contributed by atoms with van der Waals surface area (Å²) in [6, 6.07) is 17.1. The largest absolute Gasteiger partial charge is 0.339 e. The SMILES string of the molecule is Cc1ccc(-c2cc3c(n2Cc2ccc(F)cc2)CC(C)(C)CC3=O)cc1. The number of benzene rings is 2. The van der Waals surface area contributed by atoms with E-state index in [-0.39, 0.29) is 17.0 Å². The second-order valence-electron chi connectivity index (χ2n) is 8.41. The minimum atomic E-state index is -0.233. The van der Waals surface area contributed by atoms with Gasteiger partial charge in [-0.05, 0) is 48.1 Å². The van der Waals surface area contributed by atoms with E-state index in [2.05, 4.69) is 49.6 Å². The van der Waals surface area contributed by atoms with Gasteiger partial charge in [0, 0.05) is 29.9 Å². The van der Waals surface area contributed by atoms with Crippen molar-refractivity contribution < 1.29 is 9.18 Å². The van der Waals surface area contributed by atoms with Crippen molar-refractivity contribution in [2.45, 2.75) is 40.2 Å². The fraction of sp³-hybridized carbons (Fsp3) is 0.292. The van der Waals surface area contributed by atoms with Gasteiger partial charge in [-0.25, -0.2) is 4.39 Å². The molecule has 1 aliphatic rings. The van der Waals surface area contributed by atoms with Gasteiger partial charge in [0.2, 0.25) is 0 Å². The monoisotopic (exact) mass is 361 g/mol. The van der Waals surface area contributed by atoms with Gasteiger partial charge < -0.3 is 4.57 Å². The highest BCUT2D eigenvalue weighted by atomic mass is 19.1. The number of rotatable bonds is 3. The molecule has 0 N–H and O–H groups in total. The van der Waals surface area contributed by atoms with Gasteiger partial charge in [0.25, 0.3) is 0 Å². The molecule has 2 nitrogen and oxygen atoms in total. The second-order valence-corrected chi connectivity index (χ2v) is 8.41. The van der Waals surface area contributed by atoms with Crippen LogP contribution in [-0.2, 0) is 13.0 Å². The maximum atomic E-state index is 13.3. The van der Waals surface area contributed by atoms with Gasteiger partial charge in [0.1, 0.15) is 5.82 Å². The lowest BCUT2D eigenvalue weighted by Gasteiger charge is -2.30. The Kier molecular flexibility index (Phi) is 4.26. The maximum absolute atomic E-state index is 13.3. The normalized spacial score (nSPS) is 15.6. The summed E-state index contributed by atoms with van der Waals surface area (Å²) < 4.78 is 15.6. The molecule has 0 unspecified atom stereocenters. The van der Waals surface area contributed by atoms with E-state index in [9.17, 15) is 9.18 Å². The number of halogens is 1. The number of nitrogens with zero attached hydrogens (tertiary/aromatic N) is 1. The quantitative estimate of drug-likeness (QED) is 0.577. The molecule has 0 saturated heterocycles. The van der Waals surface area contributed by atoms with Crippen molar-refractivity contribution in [1.82, 2.24) is 4.57 Å². The molecule has 0 fully saturated rings. The van der Waals surface area contributed by atoms with Crippen molar-refractivity contribution in [1.29, 1.82) is 0 Å². The summed E-state index contributed by atoms with van der Waals surface area (Å²) in [6.45, 7) is 6.99. The third kappa shape index (κ3) is 3.46. The van der Waals surface area contributed by atoms with Crippen molar-refractivity contribution in [3.05, 3.63) is 82.8 Å². The molecule has 2 aromatic carbocycles. The molecule has 27 heavy (non-hydrogen) atoms. The number of hydrogen-bond donors (Lipinski definition) is 0. The Labute approximate surface area is 159 Å². The predicted molar refractivity (Wildman–Crippen MR) is 107 cm³/mol. The number of aryl methyl sites for hydroxylation is 1. The van der Waals surface area contributed by atoms with Gasteiger partial charge in [-0.15, -0.1) is 0 Å². The van der Waals surface area contributed by atoms with Crippen LogP contribution in [-0.4, -0.2) is 10.4 Å². The Morgan fingerprint density at radius 3 is 2.33 bits per heavy atom. The van der Waals surface area contributed by atoms with E-state index in [1.165, 1.54) is 17.7 Å². The van der Waals surface area contributed by atoms with Gasteiger partial charge >= 0.3 is 0 Å². The molecule has 3 aromatic rings. The molecule has 0 radical (unpaired) electrons. The Morgan fingerprint density at radius 1 is 1.00 bits per heavy atom. The molecule has 0 bridgehead atoms. The Balaban J connectivity index is 1.86. The zero-order valence-corrected chi connectivity index (χ0v) is 16.1. The van der Waals surface area contributed by atoms with Crippen LogP contribution in [0.3, 0.4) is 0 Å². The Morgan fingerprint density at radius 2 is 1.67 bits per heavy atom. The highest BCUT2D eigenvalue weighted by Crippen LogP contribution is 2.39. The first kappa shape index (κ1) is 17.7. The molecule has 0 amide bonds. The highest BCUT2D eigenvalue weighted by Gasteiger charge is 2.34. The number of aromatic nitrogens is 1. The van der Waals surface area contributed by atoms with E-state index in [4.69, 9.17) is 0 Å². The first-order chi connectivity index (χ1) is 12.8. The van der Waals surface area contributed by atoms with Crippen LogP contribution in [0.1, 0.15) is 47.4 Å². The molecule has 1 heterocycles. The van der Waals surface area contributed by atoms with Crippen molar-refractivity contribution in [3.8, 4) is 11.3 Å². The molecular weight excluding hydrogens is 337 g/mol. The average Bonchev–Trinajstić information content (AvgIpc) is 2.95. The van der Waals surface area contributed by atoms with Crippen molar-refractivity contribution in [2.24, 2.45) is 5.41 Å². The first-order valence-corrected chi connectivity index (χ1v) is 9.39. The van der Waals surface area contributed by atoms with Gasteiger partial charge in [0.05, 0.1) is 0 Å². The van der Waals surface area contributed by atoms with Crippen molar-refractivity contribution >= 4 is 5.78 Å². The molecule has 4 rings (SSSR count). The van der Waals surface area contributed by atoms with Crippen LogP contribution >= 0.6 is 0 Å². The summed E-state index contributed by atoms with van der Waals surface area (Å²) in [5, 5.41) is 0. The first-order valence-electron chi connectivity index (χ1n) is 9.39.